The molecule has 1 unspecified atom stereocenters. The monoisotopic (exact) mass is 181 g/mol. The Morgan fingerprint density at radius 3 is 2.92 bits per heavy atom. The summed E-state index contributed by atoms with van der Waals surface area (Å²) in [6.07, 6.45) is 0.153. The van der Waals surface area contributed by atoms with Gasteiger partial charge in [-0.3, -0.25) is 4.57 Å². The first kappa shape index (κ1) is 8.99. The molecule has 4 heteroatoms. The largest absolute Gasteiger partial charge is 0.346 e. The van der Waals surface area contributed by atoms with E-state index < -0.39 is 8.03 Å². The molecule has 62 valence electrons. The van der Waals surface area contributed by atoms with Crippen LogP contribution < -0.4 is 0 Å². The molecule has 0 radical (unpaired) electrons. The predicted molar refractivity (Wildman–Crippen MR) is 46.1 cm³/mol. The molecule has 0 aliphatic carbocycles. The van der Waals surface area contributed by atoms with Gasteiger partial charge in [0.25, 0.3) is 0 Å². The van der Waals surface area contributed by atoms with Crippen molar-refractivity contribution in [1.82, 2.24) is 0 Å². The van der Waals surface area contributed by atoms with Crippen LogP contribution in [-0.2, 0) is 10.7 Å². The molecule has 1 atom stereocenters. The Morgan fingerprint density at radius 2 is 2.33 bits per heavy atom. The number of hydrogen-bond donors (Lipinski definition) is 1. The van der Waals surface area contributed by atoms with Crippen molar-refractivity contribution >= 4 is 8.03 Å². The van der Waals surface area contributed by atoms with Crippen molar-refractivity contribution in [2.75, 3.05) is 0 Å². The second-order valence-electron chi connectivity index (χ2n) is 2.38. The Hall–Kier alpha value is -1.10. The molecule has 0 saturated heterocycles. The molecule has 0 heterocycles. The van der Waals surface area contributed by atoms with E-state index in [1.165, 1.54) is 0 Å². The zero-order chi connectivity index (χ0) is 8.97. The fraction of sp³-hybridized carbons (Fsp3) is 0.125. The SMILES string of the molecule is N#Cc1cccc(C[PH](=O)O)c1. The summed E-state index contributed by atoms with van der Waals surface area (Å²) in [5.41, 5.74) is 1.26. The van der Waals surface area contributed by atoms with Crippen LogP contribution in [0.4, 0.5) is 0 Å². The molecule has 0 amide bonds. The lowest BCUT2D eigenvalue weighted by molar-refractivity contribution is 0.502. The van der Waals surface area contributed by atoms with E-state index >= 15 is 0 Å². The van der Waals surface area contributed by atoms with Crippen LogP contribution in [-0.4, -0.2) is 4.89 Å². The molecule has 12 heavy (non-hydrogen) atoms. The van der Waals surface area contributed by atoms with Gasteiger partial charge in [-0.2, -0.15) is 5.26 Å². The van der Waals surface area contributed by atoms with Gasteiger partial charge in [0, 0.05) is 6.16 Å². The summed E-state index contributed by atoms with van der Waals surface area (Å²) in [4.78, 5) is 8.63. The summed E-state index contributed by atoms with van der Waals surface area (Å²) in [5, 5.41) is 8.51. The maximum atomic E-state index is 10.5. The topological polar surface area (TPSA) is 61.1 Å². The van der Waals surface area contributed by atoms with Gasteiger partial charge >= 0.3 is 0 Å². The summed E-state index contributed by atoms with van der Waals surface area (Å²) < 4.78 is 10.5. The lowest BCUT2D eigenvalue weighted by Crippen LogP contribution is -1.81. The van der Waals surface area contributed by atoms with Crippen molar-refractivity contribution in [1.29, 1.82) is 5.26 Å². The standard InChI is InChI=1S/C8H8NO2P/c9-5-7-2-1-3-8(4-7)6-12(10)11/h1-4,12H,6H2,(H,10,11). The van der Waals surface area contributed by atoms with Crippen LogP contribution in [0.25, 0.3) is 0 Å². The van der Waals surface area contributed by atoms with Gasteiger partial charge in [0.2, 0.25) is 0 Å². The van der Waals surface area contributed by atoms with Crippen molar-refractivity contribution in [3.63, 3.8) is 0 Å². The molecule has 1 aromatic carbocycles. The lowest BCUT2D eigenvalue weighted by Gasteiger charge is -1.96. The molecular weight excluding hydrogens is 173 g/mol. The number of benzene rings is 1. The average Bonchev–Trinajstić information content (AvgIpc) is 2.03. The van der Waals surface area contributed by atoms with E-state index in [1.54, 1.807) is 24.3 Å². The van der Waals surface area contributed by atoms with E-state index in [-0.39, 0.29) is 6.16 Å². The van der Waals surface area contributed by atoms with Gasteiger partial charge in [-0.25, -0.2) is 0 Å². The van der Waals surface area contributed by atoms with Crippen molar-refractivity contribution in [3.05, 3.63) is 35.4 Å². The fourth-order valence-electron chi connectivity index (χ4n) is 0.925. The van der Waals surface area contributed by atoms with Crippen molar-refractivity contribution in [3.8, 4) is 6.07 Å². The molecule has 1 rings (SSSR count). The highest BCUT2D eigenvalue weighted by Gasteiger charge is 1.97. The van der Waals surface area contributed by atoms with Crippen molar-refractivity contribution in [2.45, 2.75) is 6.16 Å². The number of nitriles is 1. The quantitative estimate of drug-likeness (QED) is 0.703. The Labute approximate surface area is 71.1 Å². The first-order chi connectivity index (χ1) is 5.72. The van der Waals surface area contributed by atoms with Crippen LogP contribution in [0.15, 0.2) is 24.3 Å². The van der Waals surface area contributed by atoms with Gasteiger partial charge in [-0.15, -0.1) is 0 Å². The first-order valence-corrected chi connectivity index (χ1v) is 4.99. The maximum absolute atomic E-state index is 10.5. The van der Waals surface area contributed by atoms with Crippen molar-refractivity contribution < 1.29 is 9.46 Å². The van der Waals surface area contributed by atoms with Crippen molar-refractivity contribution in [2.24, 2.45) is 0 Å². The molecular formula is C8H8NO2P. The molecule has 0 aliphatic heterocycles. The minimum Gasteiger partial charge on any atom is -0.346 e. The van der Waals surface area contributed by atoms with Crippen LogP contribution in [0.5, 0.6) is 0 Å². The van der Waals surface area contributed by atoms with Gasteiger partial charge < -0.3 is 4.89 Å². The fourth-order valence-corrected chi connectivity index (χ4v) is 1.49. The predicted octanol–water partition coefficient (Wildman–Crippen LogP) is 1.53. The number of hydrogen-bond acceptors (Lipinski definition) is 2. The van der Waals surface area contributed by atoms with Gasteiger partial charge in [-0.1, -0.05) is 12.1 Å². The number of nitrogens with zero attached hydrogens (tertiary/aromatic N) is 1. The summed E-state index contributed by atoms with van der Waals surface area (Å²) in [6.45, 7) is 0. The minimum atomic E-state index is -2.47. The minimum absolute atomic E-state index is 0.153. The van der Waals surface area contributed by atoms with Crippen LogP contribution >= 0.6 is 8.03 Å². The van der Waals surface area contributed by atoms with E-state index in [9.17, 15) is 4.57 Å². The highest BCUT2D eigenvalue weighted by molar-refractivity contribution is 7.37. The summed E-state index contributed by atoms with van der Waals surface area (Å²) in [5.74, 6) is 0. The Kier molecular flexibility index (Phi) is 3.04. The van der Waals surface area contributed by atoms with Gasteiger partial charge in [0.05, 0.1) is 11.6 Å². The third-order valence-electron chi connectivity index (χ3n) is 1.41. The third-order valence-corrected chi connectivity index (χ3v) is 2.12. The second kappa shape index (κ2) is 4.06. The van der Waals surface area contributed by atoms with Crippen LogP contribution in [0.2, 0.25) is 0 Å². The van der Waals surface area contributed by atoms with E-state index in [4.69, 9.17) is 10.2 Å². The molecule has 0 aliphatic rings. The summed E-state index contributed by atoms with van der Waals surface area (Å²) in [6, 6.07) is 8.70. The molecule has 1 N–H and O–H groups in total. The summed E-state index contributed by atoms with van der Waals surface area (Å²) in [7, 11) is -2.47. The molecule has 0 bridgehead atoms. The Bertz CT molecular complexity index is 343. The number of rotatable bonds is 2. The van der Waals surface area contributed by atoms with Crippen LogP contribution in [0.3, 0.4) is 0 Å². The molecule has 0 saturated carbocycles. The average molecular weight is 181 g/mol. The lowest BCUT2D eigenvalue weighted by atomic mass is 10.2. The van der Waals surface area contributed by atoms with Gasteiger partial charge in [0.15, 0.2) is 8.03 Å². The highest BCUT2D eigenvalue weighted by Crippen LogP contribution is 2.21. The van der Waals surface area contributed by atoms with Crippen LogP contribution in [0.1, 0.15) is 11.1 Å². The van der Waals surface area contributed by atoms with E-state index in [2.05, 4.69) is 0 Å². The van der Waals surface area contributed by atoms with Gasteiger partial charge in [-0.05, 0) is 17.7 Å². The van der Waals surface area contributed by atoms with Crippen LogP contribution in [0, 0.1) is 11.3 Å². The van der Waals surface area contributed by atoms with E-state index in [0.717, 1.165) is 5.56 Å². The Balaban J connectivity index is 2.88. The molecule has 0 fully saturated rings. The summed E-state index contributed by atoms with van der Waals surface area (Å²) >= 11 is 0. The molecule has 3 nitrogen and oxygen atoms in total. The molecule has 0 spiro atoms. The van der Waals surface area contributed by atoms with E-state index in [0.29, 0.717) is 5.56 Å². The Morgan fingerprint density at radius 1 is 1.58 bits per heavy atom. The molecule has 0 aromatic heterocycles. The molecule has 1 aromatic rings. The van der Waals surface area contributed by atoms with E-state index in [1.807, 2.05) is 6.07 Å². The highest BCUT2D eigenvalue weighted by atomic mass is 31.1. The first-order valence-electron chi connectivity index (χ1n) is 3.43. The second-order valence-corrected chi connectivity index (χ2v) is 3.52. The smallest absolute Gasteiger partial charge is 0.193 e. The maximum Gasteiger partial charge on any atom is 0.193 e. The normalized spacial score (nSPS) is 12.0. The zero-order valence-corrected chi connectivity index (χ0v) is 7.32. The van der Waals surface area contributed by atoms with Gasteiger partial charge in [0.1, 0.15) is 0 Å². The third kappa shape index (κ3) is 2.50. The zero-order valence-electron chi connectivity index (χ0n) is 6.32.